The molecule has 0 saturated carbocycles. The highest BCUT2D eigenvalue weighted by Gasteiger charge is 2.09. The molecule has 0 amide bonds. The standard InChI is InChI=1S/C14H11BrN2O2S/c1-20(18,19)13-4-2-3-12(8-13)17-9-10-5-6-11(15)7-14(10)16-17/h2-9H,1H3. The minimum atomic E-state index is -3.22. The van der Waals surface area contributed by atoms with E-state index in [9.17, 15) is 8.42 Å². The molecule has 0 radical (unpaired) electrons. The van der Waals surface area contributed by atoms with Gasteiger partial charge in [0.05, 0.1) is 16.1 Å². The molecule has 0 aliphatic rings. The summed E-state index contributed by atoms with van der Waals surface area (Å²) < 4.78 is 25.8. The normalized spacial score (nSPS) is 11.9. The van der Waals surface area contributed by atoms with E-state index in [1.54, 1.807) is 22.9 Å². The van der Waals surface area contributed by atoms with E-state index in [2.05, 4.69) is 21.0 Å². The number of sulfone groups is 1. The van der Waals surface area contributed by atoms with Crippen LogP contribution in [-0.2, 0) is 9.84 Å². The maximum Gasteiger partial charge on any atom is 0.175 e. The summed E-state index contributed by atoms with van der Waals surface area (Å²) in [6.07, 6.45) is 3.08. The number of rotatable bonds is 2. The van der Waals surface area contributed by atoms with Gasteiger partial charge in [-0.2, -0.15) is 5.10 Å². The molecule has 0 aliphatic carbocycles. The van der Waals surface area contributed by atoms with Crippen molar-refractivity contribution >= 4 is 36.7 Å². The highest BCUT2D eigenvalue weighted by molar-refractivity contribution is 9.10. The van der Waals surface area contributed by atoms with Gasteiger partial charge in [0.25, 0.3) is 0 Å². The predicted molar refractivity (Wildman–Crippen MR) is 81.9 cm³/mol. The Bertz CT molecular complexity index is 900. The molecule has 2 aromatic carbocycles. The van der Waals surface area contributed by atoms with Crippen LogP contribution in [0, 0.1) is 0 Å². The van der Waals surface area contributed by atoms with Gasteiger partial charge in [-0.1, -0.05) is 28.1 Å². The second-order valence-corrected chi connectivity index (χ2v) is 7.48. The predicted octanol–water partition coefficient (Wildman–Crippen LogP) is 3.19. The number of nitrogens with zero attached hydrogens (tertiary/aromatic N) is 2. The number of hydrogen-bond acceptors (Lipinski definition) is 3. The van der Waals surface area contributed by atoms with Crippen LogP contribution < -0.4 is 0 Å². The smallest absolute Gasteiger partial charge is 0.175 e. The van der Waals surface area contributed by atoms with Crippen LogP contribution in [0.25, 0.3) is 16.6 Å². The van der Waals surface area contributed by atoms with E-state index in [1.165, 1.54) is 6.26 Å². The van der Waals surface area contributed by atoms with Crippen molar-refractivity contribution < 1.29 is 8.42 Å². The summed E-state index contributed by atoms with van der Waals surface area (Å²) in [5, 5.41) is 5.46. The van der Waals surface area contributed by atoms with Crippen LogP contribution in [-0.4, -0.2) is 24.5 Å². The van der Waals surface area contributed by atoms with Gasteiger partial charge in [-0.15, -0.1) is 0 Å². The van der Waals surface area contributed by atoms with Crippen LogP contribution in [0.1, 0.15) is 0 Å². The summed E-state index contributed by atoms with van der Waals surface area (Å²) in [5.74, 6) is 0. The summed E-state index contributed by atoms with van der Waals surface area (Å²) in [6.45, 7) is 0. The minimum Gasteiger partial charge on any atom is -0.240 e. The van der Waals surface area contributed by atoms with Crippen molar-refractivity contribution in [1.82, 2.24) is 9.78 Å². The maximum atomic E-state index is 11.6. The Hall–Kier alpha value is -1.66. The van der Waals surface area contributed by atoms with Crippen molar-refractivity contribution in [2.45, 2.75) is 4.90 Å². The highest BCUT2D eigenvalue weighted by Crippen LogP contribution is 2.21. The molecule has 0 atom stereocenters. The van der Waals surface area contributed by atoms with E-state index in [4.69, 9.17) is 0 Å². The molecule has 0 spiro atoms. The van der Waals surface area contributed by atoms with Gasteiger partial charge in [-0.05, 0) is 30.3 Å². The minimum absolute atomic E-state index is 0.288. The zero-order valence-electron chi connectivity index (χ0n) is 10.6. The third-order valence-electron chi connectivity index (χ3n) is 2.98. The lowest BCUT2D eigenvalue weighted by Gasteiger charge is -2.03. The summed E-state index contributed by atoms with van der Waals surface area (Å²) in [4.78, 5) is 0.288. The average Bonchev–Trinajstić information content (AvgIpc) is 2.81. The molecular weight excluding hydrogens is 340 g/mol. The molecule has 0 bridgehead atoms. The number of halogens is 1. The van der Waals surface area contributed by atoms with Crippen molar-refractivity contribution in [3.8, 4) is 5.69 Å². The largest absolute Gasteiger partial charge is 0.240 e. The molecule has 3 aromatic rings. The number of fused-ring (bicyclic) bond motifs is 1. The molecule has 20 heavy (non-hydrogen) atoms. The van der Waals surface area contributed by atoms with Crippen molar-refractivity contribution in [3.05, 3.63) is 53.1 Å². The molecular formula is C14H11BrN2O2S. The second kappa shape index (κ2) is 4.71. The van der Waals surface area contributed by atoms with Crippen LogP contribution in [0.5, 0.6) is 0 Å². The van der Waals surface area contributed by atoms with Gasteiger partial charge >= 0.3 is 0 Å². The highest BCUT2D eigenvalue weighted by atomic mass is 79.9. The van der Waals surface area contributed by atoms with Crippen molar-refractivity contribution in [1.29, 1.82) is 0 Å². The van der Waals surface area contributed by atoms with Crippen LogP contribution in [0.4, 0.5) is 0 Å². The van der Waals surface area contributed by atoms with E-state index in [-0.39, 0.29) is 4.90 Å². The topological polar surface area (TPSA) is 52.0 Å². The first kappa shape index (κ1) is 13.3. The second-order valence-electron chi connectivity index (χ2n) is 4.55. The third kappa shape index (κ3) is 2.48. The molecule has 0 fully saturated rings. The SMILES string of the molecule is CS(=O)(=O)c1cccc(-n2cc3ccc(Br)cc3n2)c1. The Morgan fingerprint density at radius 1 is 1.15 bits per heavy atom. The first-order valence-corrected chi connectivity index (χ1v) is 8.57. The number of benzene rings is 2. The number of aromatic nitrogens is 2. The first-order chi connectivity index (χ1) is 9.43. The lowest BCUT2D eigenvalue weighted by Crippen LogP contribution is -2.00. The van der Waals surface area contributed by atoms with Gasteiger partial charge < -0.3 is 0 Å². The van der Waals surface area contributed by atoms with E-state index >= 15 is 0 Å². The Morgan fingerprint density at radius 2 is 1.95 bits per heavy atom. The molecule has 4 nitrogen and oxygen atoms in total. The van der Waals surface area contributed by atoms with Crippen LogP contribution in [0.2, 0.25) is 0 Å². The van der Waals surface area contributed by atoms with Gasteiger partial charge in [0.2, 0.25) is 0 Å². The molecule has 102 valence electrons. The van der Waals surface area contributed by atoms with Gasteiger partial charge in [-0.3, -0.25) is 0 Å². The molecule has 0 N–H and O–H groups in total. The average molecular weight is 351 g/mol. The Morgan fingerprint density at radius 3 is 2.70 bits per heavy atom. The van der Waals surface area contributed by atoms with Crippen molar-refractivity contribution in [2.75, 3.05) is 6.26 Å². The Labute approximate surface area is 125 Å². The molecule has 0 saturated heterocycles. The summed E-state index contributed by atoms with van der Waals surface area (Å²) in [5.41, 5.74) is 1.57. The molecule has 1 heterocycles. The van der Waals surface area contributed by atoms with Crippen molar-refractivity contribution in [3.63, 3.8) is 0 Å². The lowest BCUT2D eigenvalue weighted by molar-refractivity contribution is 0.601. The lowest BCUT2D eigenvalue weighted by atomic mass is 10.3. The molecule has 0 aliphatic heterocycles. The van der Waals surface area contributed by atoms with Crippen LogP contribution in [0.3, 0.4) is 0 Å². The van der Waals surface area contributed by atoms with E-state index in [1.807, 2.05) is 30.5 Å². The fourth-order valence-corrected chi connectivity index (χ4v) is 2.99. The fraction of sp³-hybridized carbons (Fsp3) is 0.0714. The van der Waals surface area contributed by atoms with Crippen molar-refractivity contribution in [2.24, 2.45) is 0 Å². The monoisotopic (exact) mass is 350 g/mol. The molecule has 3 rings (SSSR count). The zero-order valence-corrected chi connectivity index (χ0v) is 13.0. The molecule has 6 heteroatoms. The maximum absolute atomic E-state index is 11.6. The molecule has 0 unspecified atom stereocenters. The van der Waals surface area contributed by atoms with E-state index in [0.29, 0.717) is 0 Å². The van der Waals surface area contributed by atoms with E-state index < -0.39 is 9.84 Å². The quantitative estimate of drug-likeness (QED) is 0.713. The summed E-state index contributed by atoms with van der Waals surface area (Å²) in [7, 11) is -3.22. The Kier molecular flexibility index (Phi) is 3.14. The fourth-order valence-electron chi connectivity index (χ4n) is 1.98. The van der Waals surface area contributed by atoms with Gasteiger partial charge in [-0.25, -0.2) is 13.1 Å². The van der Waals surface area contributed by atoms with Crippen LogP contribution >= 0.6 is 15.9 Å². The summed E-state index contributed by atoms with van der Waals surface area (Å²) in [6, 6.07) is 12.6. The van der Waals surface area contributed by atoms with Gasteiger partial charge in [0.15, 0.2) is 9.84 Å². The van der Waals surface area contributed by atoms with Crippen LogP contribution in [0.15, 0.2) is 58.0 Å². The third-order valence-corrected chi connectivity index (χ3v) is 4.58. The number of hydrogen-bond donors (Lipinski definition) is 0. The summed E-state index contributed by atoms with van der Waals surface area (Å²) >= 11 is 3.41. The first-order valence-electron chi connectivity index (χ1n) is 5.89. The van der Waals surface area contributed by atoms with Gasteiger partial charge in [0, 0.05) is 22.3 Å². The van der Waals surface area contributed by atoms with E-state index in [0.717, 1.165) is 21.1 Å². The van der Waals surface area contributed by atoms with Gasteiger partial charge in [0.1, 0.15) is 0 Å². The zero-order chi connectivity index (χ0) is 14.3. The molecule has 1 aromatic heterocycles. The Balaban J connectivity index is 2.16.